The smallest absolute Gasteiger partial charge is 0.238 e. The summed E-state index contributed by atoms with van der Waals surface area (Å²) >= 11 is 0. The molecule has 9 nitrogen and oxygen atoms in total. The maximum absolute atomic E-state index is 15.0. The van der Waals surface area contributed by atoms with Gasteiger partial charge in [-0.3, -0.25) is 9.59 Å². The number of hydrogen-bond donors (Lipinski definition) is 1. The zero-order valence-electron chi connectivity index (χ0n) is 30.7. The van der Waals surface area contributed by atoms with Gasteiger partial charge in [-0.15, -0.1) is 0 Å². The minimum Gasteiger partial charge on any atom is -0.366 e. The van der Waals surface area contributed by atoms with Crippen LogP contribution in [0.5, 0.6) is 0 Å². The highest BCUT2D eigenvalue weighted by Crippen LogP contribution is 2.53. The van der Waals surface area contributed by atoms with E-state index in [1.165, 1.54) is 70.0 Å². The van der Waals surface area contributed by atoms with Crippen molar-refractivity contribution in [3.05, 3.63) is 36.2 Å². The van der Waals surface area contributed by atoms with Gasteiger partial charge in [0.05, 0.1) is 23.0 Å². The van der Waals surface area contributed by atoms with Gasteiger partial charge in [-0.1, -0.05) is 31.4 Å². The number of nitrogens with one attached hydrogen (secondary N) is 1. The number of rotatable bonds is 7. The predicted octanol–water partition coefficient (Wildman–Crippen LogP) is 7.30. The number of amides is 2. The van der Waals surface area contributed by atoms with Gasteiger partial charge < -0.3 is 24.6 Å². The Kier molecular flexibility index (Phi) is 7.78. The molecular formula is C42H55N7O2. The van der Waals surface area contributed by atoms with Crippen LogP contribution in [0.2, 0.25) is 0 Å². The lowest BCUT2D eigenvalue weighted by molar-refractivity contribution is -0.141. The van der Waals surface area contributed by atoms with Gasteiger partial charge in [0.2, 0.25) is 11.8 Å². The molecule has 1 unspecified atom stereocenters. The lowest BCUT2D eigenvalue weighted by Gasteiger charge is -2.48. The average Bonchev–Trinajstić information content (AvgIpc) is 3.66. The topological polar surface area (TPSA) is 86.6 Å². The molecule has 51 heavy (non-hydrogen) atoms. The van der Waals surface area contributed by atoms with Gasteiger partial charge in [-0.05, 0) is 127 Å². The monoisotopic (exact) mass is 689 g/mol. The first-order valence-corrected chi connectivity index (χ1v) is 20.5. The Morgan fingerprint density at radius 2 is 1.63 bits per heavy atom. The van der Waals surface area contributed by atoms with Gasteiger partial charge in [0.25, 0.3) is 0 Å². The Morgan fingerprint density at radius 1 is 0.882 bits per heavy atom. The third-order valence-electron chi connectivity index (χ3n) is 14.2. The minimum atomic E-state index is -0.557. The molecule has 1 aromatic carbocycles. The number of hydrogen-bond acceptors (Lipinski definition) is 6. The summed E-state index contributed by atoms with van der Waals surface area (Å²) in [5.41, 5.74) is 5.65. The maximum Gasteiger partial charge on any atom is 0.238 e. The standard InChI is InChI=1S/C42H55N7O2/c1-26(2)48-25-43-36-24-35(45-39(38(36)48)44-31-9-10-31)29-8-11-34-37(21-29)49(33-22-32(23-33)46-14-4-3-5-15-46)41(51)42(34)12-16-47(17-13-42)40(50)30-19-27-6-7-28(18-27)20-30/h8,11,21,24-28,30-33H,3-7,9-10,12-20,22-23H2,1-2H3,(H,44,45)/t27-,28+,30?,32?,33?. The largest absolute Gasteiger partial charge is 0.366 e. The van der Waals surface area contributed by atoms with E-state index in [1.807, 2.05) is 6.33 Å². The van der Waals surface area contributed by atoms with Crippen molar-refractivity contribution in [3.63, 3.8) is 0 Å². The van der Waals surface area contributed by atoms with Crippen molar-refractivity contribution < 1.29 is 9.59 Å². The molecular weight excluding hydrogens is 635 g/mol. The molecule has 3 aromatic rings. The molecule has 9 heteroatoms. The highest BCUT2D eigenvalue weighted by Gasteiger charge is 2.56. The third-order valence-corrected chi connectivity index (χ3v) is 14.2. The summed E-state index contributed by atoms with van der Waals surface area (Å²) in [5.74, 6) is 3.23. The van der Waals surface area contributed by atoms with Crippen molar-refractivity contribution in [1.82, 2.24) is 24.3 Å². The normalized spacial score (nSPS) is 30.3. The van der Waals surface area contributed by atoms with Crippen LogP contribution < -0.4 is 10.2 Å². The molecule has 270 valence electrons. The lowest BCUT2D eigenvalue weighted by Crippen LogP contribution is -2.58. The number of anilines is 2. The van der Waals surface area contributed by atoms with Gasteiger partial charge >= 0.3 is 0 Å². The fourth-order valence-corrected chi connectivity index (χ4v) is 11.1. The zero-order chi connectivity index (χ0) is 34.4. The number of benzene rings is 1. The number of carbonyl (C=O) groups excluding carboxylic acids is 2. The molecule has 2 aromatic heterocycles. The first-order chi connectivity index (χ1) is 24.8. The van der Waals surface area contributed by atoms with Gasteiger partial charge in [0, 0.05) is 54.4 Å². The van der Waals surface area contributed by atoms with Crippen molar-refractivity contribution in [3.8, 4) is 11.3 Å². The summed E-state index contributed by atoms with van der Waals surface area (Å²) < 4.78 is 2.22. The van der Waals surface area contributed by atoms with Gasteiger partial charge in [0.1, 0.15) is 5.52 Å². The number of aromatic nitrogens is 3. The Labute approximate surface area is 302 Å². The molecule has 4 aliphatic carbocycles. The van der Waals surface area contributed by atoms with Gasteiger partial charge in [-0.2, -0.15) is 0 Å². The van der Waals surface area contributed by atoms with Crippen LogP contribution in [0.4, 0.5) is 11.5 Å². The Hall–Kier alpha value is -3.46. The second-order valence-corrected chi connectivity index (χ2v) is 17.8. The van der Waals surface area contributed by atoms with E-state index in [0.29, 0.717) is 43.9 Å². The summed E-state index contributed by atoms with van der Waals surface area (Å²) in [5, 5.41) is 3.71. The summed E-state index contributed by atoms with van der Waals surface area (Å²) in [4.78, 5) is 45.9. The molecule has 2 saturated heterocycles. The van der Waals surface area contributed by atoms with Crippen molar-refractivity contribution in [2.24, 2.45) is 17.8 Å². The Morgan fingerprint density at radius 3 is 2.33 bits per heavy atom. The molecule has 7 aliphatic rings. The van der Waals surface area contributed by atoms with Gasteiger partial charge in [0.15, 0.2) is 5.82 Å². The minimum absolute atomic E-state index is 0.189. The number of likely N-dealkylation sites (tertiary alicyclic amines) is 2. The van der Waals surface area contributed by atoms with E-state index < -0.39 is 5.41 Å². The zero-order valence-corrected chi connectivity index (χ0v) is 30.7. The fraction of sp³-hybridized carbons (Fsp3) is 0.667. The van der Waals surface area contributed by atoms with Gasteiger partial charge in [-0.25, -0.2) is 9.97 Å². The first-order valence-electron chi connectivity index (χ1n) is 20.5. The van der Waals surface area contributed by atoms with E-state index in [-0.39, 0.29) is 23.9 Å². The number of pyridine rings is 1. The molecule has 6 fully saturated rings. The average molecular weight is 690 g/mol. The van der Waals surface area contributed by atoms with Crippen molar-refractivity contribution in [1.29, 1.82) is 0 Å². The van der Waals surface area contributed by atoms with Crippen LogP contribution in [0.25, 0.3) is 22.3 Å². The third kappa shape index (κ3) is 5.42. The van der Waals surface area contributed by atoms with Crippen LogP contribution in [0.3, 0.4) is 0 Å². The summed E-state index contributed by atoms with van der Waals surface area (Å²) in [7, 11) is 0. The molecule has 3 aliphatic heterocycles. The van der Waals surface area contributed by atoms with Crippen LogP contribution in [0, 0.1) is 17.8 Å². The van der Waals surface area contributed by atoms with Crippen LogP contribution >= 0.6 is 0 Å². The molecule has 10 rings (SSSR count). The lowest BCUT2D eigenvalue weighted by atomic mass is 9.72. The number of carbonyl (C=O) groups is 2. The predicted molar refractivity (Wildman–Crippen MR) is 201 cm³/mol. The van der Waals surface area contributed by atoms with Crippen LogP contribution in [-0.2, 0) is 15.0 Å². The quantitative estimate of drug-likeness (QED) is 0.280. The Bertz CT molecular complexity index is 1830. The van der Waals surface area contributed by atoms with E-state index in [9.17, 15) is 9.59 Å². The number of nitrogens with zero attached hydrogens (tertiary/aromatic N) is 6. The van der Waals surface area contributed by atoms with E-state index in [4.69, 9.17) is 9.97 Å². The fourth-order valence-electron chi connectivity index (χ4n) is 11.1. The highest BCUT2D eigenvalue weighted by atomic mass is 16.2. The highest BCUT2D eigenvalue weighted by molar-refractivity contribution is 6.09. The van der Waals surface area contributed by atoms with Crippen molar-refractivity contribution >= 4 is 34.4 Å². The molecule has 2 amide bonds. The first kappa shape index (κ1) is 32.2. The van der Waals surface area contributed by atoms with E-state index in [2.05, 4.69) is 62.7 Å². The molecule has 2 bridgehead atoms. The molecule has 3 atom stereocenters. The Balaban J connectivity index is 0.971. The molecule has 1 spiro atoms. The van der Waals surface area contributed by atoms with Crippen LogP contribution in [0.15, 0.2) is 30.6 Å². The van der Waals surface area contributed by atoms with Crippen molar-refractivity contribution in [2.75, 3.05) is 36.4 Å². The molecule has 1 N–H and O–H groups in total. The summed E-state index contributed by atoms with van der Waals surface area (Å²) in [6, 6.07) is 10.4. The number of fused-ring (bicyclic) bond motifs is 5. The number of piperidine rings is 2. The second kappa shape index (κ2) is 12.3. The SMILES string of the molecule is CC(C)n1cnc2cc(-c3ccc4c(c3)N(C3CC(N5CCCCC5)C3)C(=O)C43CCN(C(=O)C4C[C@H]5CC[C@@H](C4)C5)CC3)nc(NC3CC3)c21. The van der Waals surface area contributed by atoms with Crippen molar-refractivity contribution in [2.45, 2.75) is 133 Å². The second-order valence-electron chi connectivity index (χ2n) is 17.8. The van der Waals surface area contributed by atoms with Crippen LogP contribution in [0.1, 0.15) is 115 Å². The summed E-state index contributed by atoms with van der Waals surface area (Å²) in [6.07, 6.45) is 17.8. The number of imidazole rings is 1. The van der Waals surface area contributed by atoms with E-state index in [0.717, 1.165) is 71.3 Å². The molecule has 0 radical (unpaired) electrons. The van der Waals surface area contributed by atoms with E-state index in [1.54, 1.807) is 0 Å². The van der Waals surface area contributed by atoms with Crippen LogP contribution in [-0.4, -0.2) is 80.5 Å². The molecule has 4 saturated carbocycles. The van der Waals surface area contributed by atoms with E-state index >= 15 is 0 Å². The summed E-state index contributed by atoms with van der Waals surface area (Å²) in [6.45, 7) is 8.13. The molecule has 5 heterocycles. The maximum atomic E-state index is 15.0.